The fourth-order valence-electron chi connectivity index (χ4n) is 1.03. The van der Waals surface area contributed by atoms with Gasteiger partial charge in [0, 0.05) is 7.11 Å². The molecule has 0 saturated heterocycles. The fourth-order valence-corrected chi connectivity index (χ4v) is 1.20. The normalized spacial score (nSPS) is 10.1. The van der Waals surface area contributed by atoms with Crippen LogP contribution in [0.15, 0.2) is 18.2 Å². The first kappa shape index (κ1) is 12.3. The van der Waals surface area contributed by atoms with Crippen LogP contribution in [0, 0.1) is 0 Å². The van der Waals surface area contributed by atoms with Crippen LogP contribution in [0.25, 0.3) is 0 Å². The second kappa shape index (κ2) is 5.97. The number of rotatable bonds is 5. The molecular formula is C9H12BClO4. The molecule has 1 rings (SSSR count). The highest BCUT2D eigenvalue weighted by atomic mass is 35.5. The maximum atomic E-state index is 8.94. The zero-order chi connectivity index (χ0) is 11.3. The lowest BCUT2D eigenvalue weighted by molar-refractivity contribution is 0.146. The molecule has 0 aliphatic rings. The number of hydrogen-bond acceptors (Lipinski definition) is 4. The van der Waals surface area contributed by atoms with E-state index in [4.69, 9.17) is 31.1 Å². The van der Waals surface area contributed by atoms with Crippen molar-refractivity contribution in [3.05, 3.63) is 23.2 Å². The fraction of sp³-hybridized carbons (Fsp3) is 0.333. The van der Waals surface area contributed by atoms with Crippen LogP contribution in [0.1, 0.15) is 0 Å². The molecule has 0 spiro atoms. The average Bonchev–Trinajstić information content (AvgIpc) is 2.20. The molecule has 0 bridgehead atoms. The molecule has 0 fully saturated rings. The number of halogens is 1. The first-order valence-electron chi connectivity index (χ1n) is 4.42. The Balaban J connectivity index is 2.72. The van der Waals surface area contributed by atoms with Crippen LogP contribution < -0.4 is 10.2 Å². The van der Waals surface area contributed by atoms with Crippen LogP contribution >= 0.6 is 11.6 Å². The average molecular weight is 230 g/mol. The molecule has 82 valence electrons. The van der Waals surface area contributed by atoms with Crippen molar-refractivity contribution in [1.29, 1.82) is 0 Å². The van der Waals surface area contributed by atoms with Gasteiger partial charge in [-0.25, -0.2) is 0 Å². The predicted molar refractivity (Wildman–Crippen MR) is 58.6 cm³/mol. The van der Waals surface area contributed by atoms with E-state index in [1.165, 1.54) is 12.1 Å². The summed E-state index contributed by atoms with van der Waals surface area (Å²) in [6.45, 7) is 0.809. The zero-order valence-corrected chi connectivity index (χ0v) is 9.07. The van der Waals surface area contributed by atoms with Crippen LogP contribution in [0.4, 0.5) is 0 Å². The van der Waals surface area contributed by atoms with Crippen molar-refractivity contribution in [2.24, 2.45) is 0 Å². The summed E-state index contributed by atoms with van der Waals surface area (Å²) >= 11 is 5.85. The maximum Gasteiger partial charge on any atom is 0.488 e. The van der Waals surface area contributed by atoms with Gasteiger partial charge in [0.15, 0.2) is 0 Å². The Morgan fingerprint density at radius 1 is 1.33 bits per heavy atom. The van der Waals surface area contributed by atoms with Crippen LogP contribution in [-0.4, -0.2) is 37.5 Å². The van der Waals surface area contributed by atoms with Gasteiger partial charge in [-0.05, 0) is 17.6 Å². The van der Waals surface area contributed by atoms with Crippen molar-refractivity contribution in [2.45, 2.75) is 0 Å². The topological polar surface area (TPSA) is 58.9 Å². The first-order valence-corrected chi connectivity index (χ1v) is 4.80. The lowest BCUT2D eigenvalue weighted by Crippen LogP contribution is -2.29. The van der Waals surface area contributed by atoms with E-state index in [0.29, 0.717) is 29.4 Å². The Labute approximate surface area is 93.5 Å². The van der Waals surface area contributed by atoms with Crippen LogP contribution in [-0.2, 0) is 4.74 Å². The summed E-state index contributed by atoms with van der Waals surface area (Å²) in [6.07, 6.45) is 0. The summed E-state index contributed by atoms with van der Waals surface area (Å²) in [5.74, 6) is 0.416. The quantitative estimate of drug-likeness (QED) is 0.554. The van der Waals surface area contributed by atoms with Gasteiger partial charge in [0.1, 0.15) is 12.4 Å². The summed E-state index contributed by atoms with van der Waals surface area (Å²) in [4.78, 5) is 0. The number of benzene rings is 1. The van der Waals surface area contributed by atoms with Gasteiger partial charge in [-0.2, -0.15) is 0 Å². The number of methoxy groups -OCH3 is 1. The second-order valence-electron chi connectivity index (χ2n) is 2.90. The Morgan fingerprint density at radius 2 is 2.07 bits per heavy atom. The van der Waals surface area contributed by atoms with E-state index in [1.54, 1.807) is 13.2 Å². The summed E-state index contributed by atoms with van der Waals surface area (Å²) in [7, 11) is 0.0471. The minimum Gasteiger partial charge on any atom is -0.490 e. The molecule has 15 heavy (non-hydrogen) atoms. The monoisotopic (exact) mass is 230 g/mol. The zero-order valence-electron chi connectivity index (χ0n) is 8.31. The molecule has 0 aliphatic carbocycles. The molecule has 0 aliphatic heterocycles. The van der Waals surface area contributed by atoms with E-state index in [2.05, 4.69) is 0 Å². The molecule has 1 aromatic rings. The Morgan fingerprint density at radius 3 is 2.67 bits per heavy atom. The van der Waals surface area contributed by atoms with Crippen molar-refractivity contribution < 1.29 is 19.5 Å². The minimum atomic E-state index is -1.52. The number of hydrogen-bond donors (Lipinski definition) is 2. The van der Waals surface area contributed by atoms with E-state index >= 15 is 0 Å². The van der Waals surface area contributed by atoms with Crippen molar-refractivity contribution in [3.63, 3.8) is 0 Å². The lowest BCUT2D eigenvalue weighted by atomic mass is 9.80. The third-order valence-corrected chi connectivity index (χ3v) is 2.11. The van der Waals surface area contributed by atoms with E-state index < -0.39 is 7.12 Å². The van der Waals surface area contributed by atoms with E-state index in [-0.39, 0.29) is 0 Å². The molecule has 0 unspecified atom stereocenters. The van der Waals surface area contributed by atoms with E-state index in [0.717, 1.165) is 0 Å². The van der Waals surface area contributed by atoms with Gasteiger partial charge in [-0.1, -0.05) is 17.7 Å². The van der Waals surface area contributed by atoms with Crippen molar-refractivity contribution in [2.75, 3.05) is 20.3 Å². The van der Waals surface area contributed by atoms with Gasteiger partial charge < -0.3 is 19.5 Å². The third kappa shape index (κ3) is 3.72. The van der Waals surface area contributed by atoms with Crippen molar-refractivity contribution in [1.82, 2.24) is 0 Å². The smallest absolute Gasteiger partial charge is 0.488 e. The molecule has 6 heteroatoms. The second-order valence-corrected chi connectivity index (χ2v) is 3.31. The van der Waals surface area contributed by atoms with Gasteiger partial charge in [0.2, 0.25) is 0 Å². The van der Waals surface area contributed by atoms with Crippen LogP contribution in [0.3, 0.4) is 0 Å². The van der Waals surface area contributed by atoms with Gasteiger partial charge in [0.25, 0.3) is 0 Å². The molecule has 4 nitrogen and oxygen atoms in total. The van der Waals surface area contributed by atoms with Gasteiger partial charge in [-0.15, -0.1) is 0 Å². The van der Waals surface area contributed by atoms with E-state index in [9.17, 15) is 0 Å². The molecular weight excluding hydrogens is 218 g/mol. The largest absolute Gasteiger partial charge is 0.490 e. The summed E-state index contributed by atoms with van der Waals surface area (Å²) < 4.78 is 10.1. The molecule has 0 saturated carbocycles. The highest BCUT2D eigenvalue weighted by molar-refractivity contribution is 6.58. The van der Waals surface area contributed by atoms with Gasteiger partial charge in [0.05, 0.1) is 11.6 Å². The van der Waals surface area contributed by atoms with Gasteiger partial charge >= 0.3 is 7.12 Å². The van der Waals surface area contributed by atoms with E-state index in [1.807, 2.05) is 0 Å². The molecule has 0 atom stereocenters. The van der Waals surface area contributed by atoms with Crippen LogP contribution in [0.5, 0.6) is 5.75 Å². The Bertz CT molecular complexity index is 319. The maximum absolute atomic E-state index is 8.94. The van der Waals surface area contributed by atoms with Crippen LogP contribution in [0.2, 0.25) is 5.02 Å². The summed E-state index contributed by atoms with van der Waals surface area (Å²) in [6, 6.07) is 4.57. The molecule has 0 amide bonds. The summed E-state index contributed by atoms with van der Waals surface area (Å²) in [5, 5.41) is 18.3. The summed E-state index contributed by atoms with van der Waals surface area (Å²) in [5.41, 5.74) is 0.340. The Hall–Kier alpha value is -0.745. The lowest BCUT2D eigenvalue weighted by Gasteiger charge is -2.09. The predicted octanol–water partition coefficient (Wildman–Crippen LogP) is 0.0450. The number of ether oxygens (including phenoxy) is 2. The Kier molecular flexibility index (Phi) is 4.91. The molecule has 2 N–H and O–H groups in total. The highest BCUT2D eigenvalue weighted by Crippen LogP contribution is 2.22. The molecule has 0 heterocycles. The first-order chi connectivity index (χ1) is 7.15. The highest BCUT2D eigenvalue weighted by Gasteiger charge is 2.13. The molecule has 0 radical (unpaired) electrons. The standard InChI is InChI=1S/C9H12BClO4/c1-14-4-5-15-9-6-7(10(12)13)2-3-8(9)11/h2-3,6,12-13H,4-5H2,1H3. The minimum absolute atomic E-state index is 0.340. The van der Waals surface area contributed by atoms with Gasteiger partial charge in [-0.3, -0.25) is 0 Å². The molecule has 0 aromatic heterocycles. The van der Waals surface area contributed by atoms with Crippen molar-refractivity contribution >= 4 is 24.2 Å². The molecule has 1 aromatic carbocycles. The SMILES string of the molecule is COCCOc1cc(B(O)O)ccc1Cl. The third-order valence-electron chi connectivity index (χ3n) is 1.80. The van der Waals surface area contributed by atoms with Crippen molar-refractivity contribution in [3.8, 4) is 5.75 Å².